The molecule has 0 saturated carbocycles. The van der Waals surface area contributed by atoms with Crippen LogP contribution in [0.4, 0.5) is 11.4 Å². The van der Waals surface area contributed by atoms with Crippen molar-refractivity contribution >= 4 is 45.0 Å². The second kappa shape index (κ2) is 6.37. The van der Waals surface area contributed by atoms with E-state index in [-0.39, 0.29) is 10.7 Å². The van der Waals surface area contributed by atoms with Crippen LogP contribution in [0.25, 0.3) is 0 Å². The zero-order valence-corrected chi connectivity index (χ0v) is 14.2. The first-order chi connectivity index (χ1) is 9.35. The van der Waals surface area contributed by atoms with E-state index in [0.29, 0.717) is 12.2 Å². The quantitative estimate of drug-likeness (QED) is 0.816. The minimum Gasteiger partial charge on any atom is -0.399 e. The number of thioether (sulfide) groups is 1. The number of hydrogen-bond acceptors (Lipinski definition) is 4. The van der Waals surface area contributed by atoms with Gasteiger partial charge in [0.1, 0.15) is 0 Å². The Morgan fingerprint density at radius 2 is 2.30 bits per heavy atom. The third-order valence-corrected chi connectivity index (χ3v) is 5.09. The molecule has 1 aromatic carbocycles. The van der Waals surface area contributed by atoms with Crippen LogP contribution in [0.3, 0.4) is 0 Å². The van der Waals surface area contributed by atoms with Crippen LogP contribution in [-0.4, -0.2) is 40.9 Å². The molecule has 2 rings (SSSR count). The summed E-state index contributed by atoms with van der Waals surface area (Å²) in [6.07, 6.45) is 0. The van der Waals surface area contributed by atoms with Gasteiger partial charge in [-0.05, 0) is 48.0 Å². The number of hydrogen-bond donors (Lipinski definition) is 2. The second-order valence-corrected chi connectivity index (χ2v) is 8.26. The Morgan fingerprint density at radius 3 is 2.95 bits per heavy atom. The Morgan fingerprint density at radius 1 is 1.55 bits per heavy atom. The molecule has 0 radical (unpaired) electrons. The Kier molecular flexibility index (Phi) is 4.99. The average Bonchev–Trinajstić information content (AvgIpc) is 2.31. The number of rotatable bonds is 3. The van der Waals surface area contributed by atoms with E-state index in [4.69, 9.17) is 5.73 Å². The summed E-state index contributed by atoms with van der Waals surface area (Å²) in [5, 5.41) is 2.92. The maximum atomic E-state index is 12.1. The van der Waals surface area contributed by atoms with Gasteiger partial charge < -0.3 is 11.1 Å². The molecule has 110 valence electrons. The van der Waals surface area contributed by atoms with E-state index in [0.717, 1.165) is 29.0 Å². The van der Waals surface area contributed by atoms with Crippen molar-refractivity contribution in [2.45, 2.75) is 18.6 Å². The van der Waals surface area contributed by atoms with Gasteiger partial charge in [0.05, 0.1) is 12.2 Å². The highest BCUT2D eigenvalue weighted by atomic mass is 79.9. The summed E-state index contributed by atoms with van der Waals surface area (Å²) >= 11 is 5.37. The SMILES string of the molecule is CC1(C)CN(CC(=O)Nc2ccc(N)cc2Br)CCS1. The van der Waals surface area contributed by atoms with Crippen LogP contribution in [0, 0.1) is 0 Å². The fourth-order valence-electron chi connectivity index (χ4n) is 2.27. The maximum absolute atomic E-state index is 12.1. The van der Waals surface area contributed by atoms with E-state index in [1.54, 1.807) is 12.1 Å². The van der Waals surface area contributed by atoms with Crippen LogP contribution in [0.15, 0.2) is 22.7 Å². The van der Waals surface area contributed by atoms with E-state index < -0.39 is 0 Å². The predicted octanol–water partition coefficient (Wildman–Crippen LogP) is 2.80. The Balaban J connectivity index is 1.92. The molecule has 1 heterocycles. The monoisotopic (exact) mass is 357 g/mol. The molecule has 0 aromatic heterocycles. The lowest BCUT2D eigenvalue weighted by Gasteiger charge is -2.37. The highest BCUT2D eigenvalue weighted by Crippen LogP contribution is 2.29. The van der Waals surface area contributed by atoms with Crippen LogP contribution < -0.4 is 11.1 Å². The van der Waals surface area contributed by atoms with Gasteiger partial charge in [-0.15, -0.1) is 0 Å². The summed E-state index contributed by atoms with van der Waals surface area (Å²) < 4.78 is 1.03. The maximum Gasteiger partial charge on any atom is 0.238 e. The van der Waals surface area contributed by atoms with Crippen molar-refractivity contribution in [2.24, 2.45) is 0 Å². The van der Waals surface area contributed by atoms with E-state index in [1.165, 1.54) is 0 Å². The molecule has 0 atom stereocenters. The standard InChI is InChI=1S/C14H20BrN3OS/c1-14(2)9-18(5-6-20-14)8-13(19)17-12-4-3-10(16)7-11(12)15/h3-4,7H,5-6,8-9,16H2,1-2H3,(H,17,19). The number of nitrogens with one attached hydrogen (secondary N) is 1. The second-order valence-electron chi connectivity index (χ2n) is 5.61. The molecule has 0 unspecified atom stereocenters. The lowest BCUT2D eigenvalue weighted by Crippen LogP contribution is -2.46. The summed E-state index contributed by atoms with van der Waals surface area (Å²) in [5.74, 6) is 1.09. The number of benzene rings is 1. The number of nitrogens with two attached hydrogens (primary N) is 1. The molecule has 0 aliphatic carbocycles. The summed E-state index contributed by atoms with van der Waals surface area (Å²) in [6, 6.07) is 5.38. The first kappa shape index (κ1) is 15.7. The van der Waals surface area contributed by atoms with Gasteiger partial charge in [-0.1, -0.05) is 0 Å². The number of halogens is 1. The van der Waals surface area contributed by atoms with Gasteiger partial charge >= 0.3 is 0 Å². The molecular formula is C14H20BrN3OS. The fraction of sp³-hybridized carbons (Fsp3) is 0.500. The zero-order valence-electron chi connectivity index (χ0n) is 11.8. The van der Waals surface area contributed by atoms with Crippen molar-refractivity contribution in [3.63, 3.8) is 0 Å². The Bertz CT molecular complexity index is 507. The van der Waals surface area contributed by atoms with Crippen LogP contribution in [0.2, 0.25) is 0 Å². The summed E-state index contributed by atoms with van der Waals surface area (Å²) in [5.41, 5.74) is 7.11. The van der Waals surface area contributed by atoms with Crippen LogP contribution in [0.5, 0.6) is 0 Å². The van der Waals surface area contributed by atoms with Crippen molar-refractivity contribution in [3.8, 4) is 0 Å². The summed E-state index contributed by atoms with van der Waals surface area (Å²) in [6.45, 7) is 6.77. The first-order valence-corrected chi connectivity index (χ1v) is 8.35. The molecular weight excluding hydrogens is 338 g/mol. The zero-order chi connectivity index (χ0) is 14.8. The average molecular weight is 358 g/mol. The number of nitrogens with zero attached hydrogens (tertiary/aromatic N) is 1. The molecule has 1 amide bonds. The topological polar surface area (TPSA) is 58.4 Å². The van der Waals surface area contributed by atoms with E-state index in [2.05, 4.69) is 40.0 Å². The Labute approximate surface area is 132 Å². The molecule has 6 heteroatoms. The van der Waals surface area contributed by atoms with Crippen LogP contribution >= 0.6 is 27.7 Å². The Hall–Kier alpha value is -0.720. The van der Waals surface area contributed by atoms with E-state index in [9.17, 15) is 4.79 Å². The summed E-state index contributed by atoms with van der Waals surface area (Å²) in [7, 11) is 0. The lowest BCUT2D eigenvalue weighted by atomic mass is 10.2. The number of nitrogen functional groups attached to an aromatic ring is 1. The van der Waals surface area contributed by atoms with Gasteiger partial charge in [0.2, 0.25) is 5.91 Å². The normalized spacial score (nSPS) is 18.8. The highest BCUT2D eigenvalue weighted by Gasteiger charge is 2.27. The van der Waals surface area contributed by atoms with Gasteiger partial charge in [0, 0.05) is 33.7 Å². The molecule has 4 nitrogen and oxygen atoms in total. The van der Waals surface area contributed by atoms with Crippen molar-refractivity contribution in [1.82, 2.24) is 4.90 Å². The molecule has 1 aromatic rings. The lowest BCUT2D eigenvalue weighted by molar-refractivity contribution is -0.117. The highest BCUT2D eigenvalue weighted by molar-refractivity contribution is 9.10. The van der Waals surface area contributed by atoms with E-state index >= 15 is 0 Å². The molecule has 3 N–H and O–H groups in total. The number of anilines is 2. The smallest absolute Gasteiger partial charge is 0.238 e. The number of amides is 1. The minimum absolute atomic E-state index is 0.0122. The molecule has 0 bridgehead atoms. The molecule has 20 heavy (non-hydrogen) atoms. The minimum atomic E-state index is 0.0122. The fourth-order valence-corrected chi connectivity index (χ4v) is 3.95. The van der Waals surface area contributed by atoms with Crippen molar-refractivity contribution in [3.05, 3.63) is 22.7 Å². The van der Waals surface area contributed by atoms with Crippen molar-refractivity contribution in [2.75, 3.05) is 36.4 Å². The van der Waals surface area contributed by atoms with Gasteiger partial charge in [-0.25, -0.2) is 0 Å². The van der Waals surface area contributed by atoms with Gasteiger partial charge in [-0.2, -0.15) is 11.8 Å². The molecule has 1 aliphatic rings. The van der Waals surface area contributed by atoms with Crippen LogP contribution in [-0.2, 0) is 4.79 Å². The molecule has 1 aliphatic heterocycles. The first-order valence-electron chi connectivity index (χ1n) is 6.57. The predicted molar refractivity (Wildman–Crippen MR) is 90.2 cm³/mol. The van der Waals surface area contributed by atoms with E-state index in [1.807, 2.05) is 17.8 Å². The van der Waals surface area contributed by atoms with Crippen molar-refractivity contribution < 1.29 is 4.79 Å². The van der Waals surface area contributed by atoms with Gasteiger partial charge in [0.15, 0.2) is 0 Å². The molecule has 1 fully saturated rings. The van der Waals surface area contributed by atoms with Crippen LogP contribution in [0.1, 0.15) is 13.8 Å². The molecule has 0 spiro atoms. The van der Waals surface area contributed by atoms with Crippen molar-refractivity contribution in [1.29, 1.82) is 0 Å². The summed E-state index contributed by atoms with van der Waals surface area (Å²) in [4.78, 5) is 14.3. The number of carbonyl (C=O) groups is 1. The van der Waals surface area contributed by atoms with Gasteiger partial charge in [0.25, 0.3) is 0 Å². The number of carbonyl (C=O) groups excluding carboxylic acids is 1. The van der Waals surface area contributed by atoms with Gasteiger partial charge in [-0.3, -0.25) is 9.69 Å². The molecule has 1 saturated heterocycles. The third kappa shape index (κ3) is 4.40. The largest absolute Gasteiger partial charge is 0.399 e. The third-order valence-electron chi connectivity index (χ3n) is 3.14.